The fourth-order valence-corrected chi connectivity index (χ4v) is 6.33. The summed E-state index contributed by atoms with van der Waals surface area (Å²) >= 11 is 0. The highest BCUT2D eigenvalue weighted by Crippen LogP contribution is 2.43. The number of alkyl halides is 3. The molecule has 0 unspecified atom stereocenters. The van der Waals surface area contributed by atoms with E-state index in [2.05, 4.69) is 5.32 Å². The van der Waals surface area contributed by atoms with Crippen LogP contribution in [0.5, 0.6) is 5.75 Å². The molecule has 34 heavy (non-hydrogen) atoms. The van der Waals surface area contributed by atoms with Crippen LogP contribution in [-0.2, 0) is 27.2 Å². The number of carbonyl (C=O) groups excluding carboxylic acids is 1. The Labute approximate surface area is 197 Å². The number of sulfone groups is 1. The van der Waals surface area contributed by atoms with Gasteiger partial charge in [-0.15, -0.1) is 0 Å². The number of rotatable bonds is 7. The van der Waals surface area contributed by atoms with Gasteiger partial charge in [0.25, 0.3) is 0 Å². The Hall–Kier alpha value is -2.59. The van der Waals surface area contributed by atoms with E-state index in [0.717, 1.165) is 11.6 Å². The second-order valence-corrected chi connectivity index (χ2v) is 11.1. The number of nitrogens with zero attached hydrogens (tertiary/aromatic N) is 1. The Morgan fingerprint density at radius 1 is 1.15 bits per heavy atom. The molecule has 10 heteroatoms. The Morgan fingerprint density at radius 3 is 2.59 bits per heavy atom. The van der Waals surface area contributed by atoms with Gasteiger partial charge in [0.1, 0.15) is 11.9 Å². The van der Waals surface area contributed by atoms with Crippen molar-refractivity contribution in [3.05, 3.63) is 53.6 Å². The largest absolute Gasteiger partial charge is 0.487 e. The van der Waals surface area contributed by atoms with Gasteiger partial charge >= 0.3 is 6.18 Å². The summed E-state index contributed by atoms with van der Waals surface area (Å²) in [4.78, 5) is 14.2. The van der Waals surface area contributed by atoms with Crippen molar-refractivity contribution in [3.8, 4) is 16.9 Å². The van der Waals surface area contributed by atoms with Crippen molar-refractivity contribution in [1.82, 2.24) is 10.2 Å². The lowest BCUT2D eigenvalue weighted by molar-refractivity contribution is -0.137. The van der Waals surface area contributed by atoms with E-state index in [9.17, 15) is 26.4 Å². The van der Waals surface area contributed by atoms with Crippen LogP contribution in [0.3, 0.4) is 0 Å². The number of carbonyl (C=O) groups is 1. The summed E-state index contributed by atoms with van der Waals surface area (Å²) in [5, 5.41) is 2.83. The molecule has 0 saturated carbocycles. The summed E-state index contributed by atoms with van der Waals surface area (Å²) in [6.07, 6.45) is -3.58. The number of halogens is 3. The van der Waals surface area contributed by atoms with Gasteiger partial charge in [0.15, 0.2) is 9.84 Å². The van der Waals surface area contributed by atoms with Crippen molar-refractivity contribution < 1.29 is 31.1 Å². The Balaban J connectivity index is 1.34. The minimum atomic E-state index is -4.48. The molecule has 0 radical (unpaired) electrons. The molecule has 0 aromatic heterocycles. The molecule has 0 bridgehead atoms. The standard InChI is InChI=1S/C24H27F3N2O4S/c1-29(17-10-12-34(31,32)15-17)11-9-22(30)28-14-18-13-16-5-4-7-20(23(16)33-18)19-6-2-3-8-21(19)24(25,26)27/h2-8,17-18H,9-15H2,1H3,(H,28,30)/t17-,18+/m1/s1. The minimum Gasteiger partial charge on any atom is -0.487 e. The van der Waals surface area contributed by atoms with Crippen LogP contribution < -0.4 is 10.1 Å². The summed E-state index contributed by atoms with van der Waals surface area (Å²) in [6.45, 7) is 0.672. The monoisotopic (exact) mass is 496 g/mol. The highest BCUT2D eigenvalue weighted by atomic mass is 32.2. The van der Waals surface area contributed by atoms with Crippen molar-refractivity contribution >= 4 is 15.7 Å². The topological polar surface area (TPSA) is 75.7 Å². The lowest BCUT2D eigenvalue weighted by atomic mass is 9.96. The average molecular weight is 497 g/mol. The molecule has 2 atom stereocenters. The lowest BCUT2D eigenvalue weighted by Crippen LogP contribution is -2.38. The number of amides is 1. The zero-order chi connectivity index (χ0) is 24.5. The van der Waals surface area contributed by atoms with Crippen LogP contribution in [0.4, 0.5) is 13.2 Å². The SMILES string of the molecule is CN(CCC(=O)NC[C@@H]1Cc2cccc(-c3ccccc3C(F)(F)F)c2O1)[C@@H]1CCS(=O)(=O)C1. The van der Waals surface area contributed by atoms with E-state index < -0.39 is 21.6 Å². The predicted octanol–water partition coefficient (Wildman–Crippen LogP) is 3.30. The molecule has 2 heterocycles. The van der Waals surface area contributed by atoms with Crippen LogP contribution in [0.1, 0.15) is 24.0 Å². The fourth-order valence-electron chi connectivity index (χ4n) is 4.53. The van der Waals surface area contributed by atoms with Gasteiger partial charge in [-0.05, 0) is 30.7 Å². The number of ether oxygens (including phenoxy) is 1. The van der Waals surface area contributed by atoms with Gasteiger partial charge in [-0.1, -0.05) is 36.4 Å². The van der Waals surface area contributed by atoms with Gasteiger partial charge in [-0.2, -0.15) is 13.2 Å². The lowest BCUT2D eigenvalue weighted by Gasteiger charge is -2.22. The molecule has 2 aliphatic rings. The van der Waals surface area contributed by atoms with Crippen molar-refractivity contribution in [2.45, 2.75) is 37.6 Å². The molecule has 2 aromatic rings. The van der Waals surface area contributed by atoms with Gasteiger partial charge in [0.2, 0.25) is 5.91 Å². The number of para-hydroxylation sites is 1. The zero-order valence-corrected chi connectivity index (χ0v) is 19.6. The number of fused-ring (bicyclic) bond motifs is 1. The Bertz CT molecular complexity index is 1170. The van der Waals surface area contributed by atoms with Crippen LogP contribution in [0, 0.1) is 0 Å². The first-order chi connectivity index (χ1) is 16.0. The molecule has 184 valence electrons. The molecule has 4 rings (SSSR count). The molecule has 1 fully saturated rings. The quantitative estimate of drug-likeness (QED) is 0.637. The Morgan fingerprint density at radius 2 is 1.88 bits per heavy atom. The smallest absolute Gasteiger partial charge is 0.417 e. The van der Waals surface area contributed by atoms with E-state index in [1.165, 1.54) is 12.1 Å². The third-order valence-electron chi connectivity index (χ3n) is 6.40. The number of nitrogens with one attached hydrogen (secondary N) is 1. The third kappa shape index (κ3) is 5.55. The molecular weight excluding hydrogens is 469 g/mol. The fraction of sp³-hybridized carbons (Fsp3) is 0.458. The molecular formula is C24H27F3N2O4S. The zero-order valence-electron chi connectivity index (χ0n) is 18.8. The van der Waals surface area contributed by atoms with Crippen molar-refractivity contribution in [3.63, 3.8) is 0 Å². The molecule has 1 saturated heterocycles. The van der Waals surface area contributed by atoms with Crippen molar-refractivity contribution in [1.29, 1.82) is 0 Å². The molecule has 0 aliphatic carbocycles. The van der Waals surface area contributed by atoms with Crippen LogP contribution in [0.2, 0.25) is 0 Å². The summed E-state index contributed by atoms with van der Waals surface area (Å²) in [5.74, 6) is 0.540. The van der Waals surface area contributed by atoms with Crippen molar-refractivity contribution in [2.75, 3.05) is 31.6 Å². The summed E-state index contributed by atoms with van der Waals surface area (Å²) < 4.78 is 69.8. The van der Waals surface area contributed by atoms with E-state index in [4.69, 9.17) is 4.74 Å². The van der Waals surface area contributed by atoms with Crippen LogP contribution in [-0.4, -0.2) is 63.0 Å². The van der Waals surface area contributed by atoms with Gasteiger partial charge < -0.3 is 15.0 Å². The average Bonchev–Trinajstić information content (AvgIpc) is 3.37. The van der Waals surface area contributed by atoms with E-state index in [0.29, 0.717) is 30.7 Å². The molecule has 1 N–H and O–H groups in total. The Kier molecular flexibility index (Phi) is 6.91. The first-order valence-electron chi connectivity index (χ1n) is 11.2. The minimum absolute atomic E-state index is 0.0634. The number of hydrogen-bond donors (Lipinski definition) is 1. The third-order valence-corrected chi connectivity index (χ3v) is 8.15. The molecule has 6 nitrogen and oxygen atoms in total. The van der Waals surface area contributed by atoms with E-state index >= 15 is 0 Å². The van der Waals surface area contributed by atoms with E-state index in [1.807, 2.05) is 18.0 Å². The summed E-state index contributed by atoms with van der Waals surface area (Å²) in [5.41, 5.74) is 0.528. The maximum Gasteiger partial charge on any atom is 0.417 e. The molecule has 0 spiro atoms. The highest BCUT2D eigenvalue weighted by Gasteiger charge is 2.35. The van der Waals surface area contributed by atoms with Gasteiger partial charge in [-0.3, -0.25) is 4.79 Å². The van der Waals surface area contributed by atoms with E-state index in [-0.39, 0.29) is 48.1 Å². The van der Waals surface area contributed by atoms with Crippen LogP contribution >= 0.6 is 0 Å². The normalized spacial score (nSPS) is 21.3. The second kappa shape index (κ2) is 9.58. The van der Waals surface area contributed by atoms with Gasteiger partial charge in [0, 0.05) is 31.0 Å². The molecule has 1 amide bonds. The van der Waals surface area contributed by atoms with Gasteiger partial charge in [-0.25, -0.2) is 8.42 Å². The molecule has 2 aromatic carbocycles. The van der Waals surface area contributed by atoms with Crippen molar-refractivity contribution in [2.24, 2.45) is 0 Å². The predicted molar refractivity (Wildman–Crippen MR) is 122 cm³/mol. The highest BCUT2D eigenvalue weighted by molar-refractivity contribution is 7.91. The van der Waals surface area contributed by atoms with Crippen LogP contribution in [0.15, 0.2) is 42.5 Å². The van der Waals surface area contributed by atoms with Gasteiger partial charge in [0.05, 0.1) is 23.6 Å². The molecule has 2 aliphatic heterocycles. The van der Waals surface area contributed by atoms with Crippen LogP contribution in [0.25, 0.3) is 11.1 Å². The number of hydrogen-bond acceptors (Lipinski definition) is 5. The van der Waals surface area contributed by atoms with E-state index in [1.54, 1.807) is 18.2 Å². The maximum absolute atomic E-state index is 13.5. The first-order valence-corrected chi connectivity index (χ1v) is 13.0. The summed E-state index contributed by atoms with van der Waals surface area (Å²) in [6, 6.07) is 10.5. The summed E-state index contributed by atoms with van der Waals surface area (Å²) in [7, 11) is -1.17. The second-order valence-electron chi connectivity index (χ2n) is 8.87. The maximum atomic E-state index is 13.5. The first kappa shape index (κ1) is 24.5. The number of benzene rings is 2.